The largest absolute Gasteiger partial charge is 0.361 e. The number of nitrogens with zero attached hydrogens (tertiary/aromatic N) is 3. The first-order valence-corrected chi connectivity index (χ1v) is 8.45. The lowest BCUT2D eigenvalue weighted by Gasteiger charge is -2.18. The molecule has 5 nitrogen and oxygen atoms in total. The number of anilines is 1. The molecule has 2 heterocycles. The van der Waals surface area contributed by atoms with Crippen molar-refractivity contribution in [3.63, 3.8) is 0 Å². The molecule has 0 saturated carbocycles. The summed E-state index contributed by atoms with van der Waals surface area (Å²) in [7, 11) is 1.84. The highest BCUT2D eigenvalue weighted by molar-refractivity contribution is 5.84. The number of fused-ring (bicyclic) bond motifs is 1. The van der Waals surface area contributed by atoms with E-state index in [9.17, 15) is 0 Å². The Bertz CT molecular complexity index is 952. The van der Waals surface area contributed by atoms with Crippen LogP contribution in [0.25, 0.3) is 16.7 Å². The first kappa shape index (κ1) is 15.6. The smallest absolute Gasteiger partial charge is 0.222 e. The molecule has 1 aliphatic carbocycles. The molecule has 1 aliphatic rings. The maximum absolute atomic E-state index is 5.33. The summed E-state index contributed by atoms with van der Waals surface area (Å²) in [5.41, 5.74) is 7.67. The minimum Gasteiger partial charge on any atom is -0.361 e. The maximum Gasteiger partial charge on any atom is 0.222 e. The summed E-state index contributed by atoms with van der Waals surface area (Å²) in [6, 6.07) is 8.50. The molecule has 126 valence electrons. The third-order valence-corrected chi connectivity index (χ3v) is 4.61. The molecule has 0 radical (unpaired) electrons. The average molecular weight is 332 g/mol. The summed E-state index contributed by atoms with van der Waals surface area (Å²) in [4.78, 5) is 9.02. The Kier molecular flexibility index (Phi) is 3.84. The molecule has 4 rings (SSSR count). The Morgan fingerprint density at radius 3 is 2.76 bits per heavy atom. The lowest BCUT2D eigenvalue weighted by molar-refractivity contribution is 0.393. The third kappa shape index (κ3) is 2.71. The van der Waals surface area contributed by atoms with Crippen molar-refractivity contribution in [3.05, 3.63) is 64.8 Å². The van der Waals surface area contributed by atoms with Crippen molar-refractivity contribution in [2.45, 2.75) is 26.7 Å². The molecule has 2 aromatic heterocycles. The van der Waals surface area contributed by atoms with Crippen LogP contribution in [0.4, 0.5) is 5.95 Å². The fourth-order valence-corrected chi connectivity index (χ4v) is 3.43. The van der Waals surface area contributed by atoms with Crippen molar-refractivity contribution in [3.8, 4) is 11.1 Å². The van der Waals surface area contributed by atoms with Crippen molar-refractivity contribution in [1.82, 2.24) is 15.1 Å². The van der Waals surface area contributed by atoms with Gasteiger partial charge in [-0.2, -0.15) is 0 Å². The summed E-state index contributed by atoms with van der Waals surface area (Å²) in [6.45, 7) is 3.92. The number of aryl methyl sites for hydroxylation is 3. The molecule has 0 unspecified atom stereocenters. The molecule has 1 aromatic carbocycles. The van der Waals surface area contributed by atoms with Crippen LogP contribution >= 0.6 is 0 Å². The van der Waals surface area contributed by atoms with Crippen LogP contribution < -0.4 is 5.32 Å². The van der Waals surface area contributed by atoms with Gasteiger partial charge >= 0.3 is 0 Å². The van der Waals surface area contributed by atoms with Gasteiger partial charge in [-0.25, -0.2) is 9.97 Å². The second-order valence-electron chi connectivity index (χ2n) is 6.24. The highest BCUT2D eigenvalue weighted by Crippen LogP contribution is 2.34. The molecule has 0 spiro atoms. The van der Waals surface area contributed by atoms with Crippen LogP contribution in [-0.4, -0.2) is 22.2 Å². The molecule has 0 aliphatic heterocycles. The average Bonchev–Trinajstić information content (AvgIpc) is 2.99. The predicted molar refractivity (Wildman–Crippen MR) is 98.4 cm³/mol. The predicted octanol–water partition coefficient (Wildman–Crippen LogP) is 4.17. The summed E-state index contributed by atoms with van der Waals surface area (Å²) in [6.07, 6.45) is 6.12. The molecule has 0 bridgehead atoms. The number of aromatic nitrogens is 3. The van der Waals surface area contributed by atoms with E-state index >= 15 is 0 Å². The normalized spacial score (nSPS) is 13.3. The summed E-state index contributed by atoms with van der Waals surface area (Å²) < 4.78 is 5.33. The summed E-state index contributed by atoms with van der Waals surface area (Å²) >= 11 is 0. The van der Waals surface area contributed by atoms with Crippen LogP contribution in [0.2, 0.25) is 0 Å². The first-order valence-electron chi connectivity index (χ1n) is 8.45. The SMILES string of the molecule is CNc1ncc2c(n1)CCC=C2c1cccc(-c2c(C)noc2C)c1. The zero-order chi connectivity index (χ0) is 17.4. The standard InChI is InChI=1S/C20H20N4O/c1-12-19(13(2)25-24-12)15-7-4-6-14(10-15)16-8-5-9-18-17(16)11-22-20(21-3)23-18/h4,6-8,10-11H,5,9H2,1-3H3,(H,21,22,23). The highest BCUT2D eigenvalue weighted by Gasteiger charge is 2.18. The van der Waals surface area contributed by atoms with Gasteiger partial charge in [-0.3, -0.25) is 0 Å². The van der Waals surface area contributed by atoms with Gasteiger partial charge in [0.15, 0.2) is 0 Å². The van der Waals surface area contributed by atoms with E-state index < -0.39 is 0 Å². The lowest BCUT2D eigenvalue weighted by Crippen LogP contribution is -2.07. The van der Waals surface area contributed by atoms with E-state index in [1.807, 2.05) is 27.1 Å². The van der Waals surface area contributed by atoms with Crippen LogP contribution in [0.5, 0.6) is 0 Å². The Hall–Kier alpha value is -2.95. The minimum atomic E-state index is 0.671. The monoisotopic (exact) mass is 332 g/mol. The summed E-state index contributed by atoms with van der Waals surface area (Å²) in [5, 5.41) is 7.09. The molecular formula is C20H20N4O. The van der Waals surface area contributed by atoms with Gasteiger partial charge in [0.05, 0.1) is 11.4 Å². The van der Waals surface area contributed by atoms with Crippen molar-refractivity contribution in [2.75, 3.05) is 12.4 Å². The zero-order valence-electron chi connectivity index (χ0n) is 14.6. The number of allylic oxidation sites excluding steroid dienone is 1. The lowest BCUT2D eigenvalue weighted by atomic mass is 9.89. The number of benzene rings is 1. The van der Waals surface area contributed by atoms with E-state index in [1.165, 1.54) is 11.1 Å². The number of hydrogen-bond acceptors (Lipinski definition) is 5. The molecule has 0 amide bonds. The molecule has 25 heavy (non-hydrogen) atoms. The third-order valence-electron chi connectivity index (χ3n) is 4.61. The van der Waals surface area contributed by atoms with Gasteiger partial charge in [-0.15, -0.1) is 0 Å². The van der Waals surface area contributed by atoms with Gasteiger partial charge in [0, 0.05) is 24.4 Å². The fraction of sp³-hybridized carbons (Fsp3) is 0.250. The Balaban J connectivity index is 1.79. The van der Waals surface area contributed by atoms with Crippen LogP contribution in [0.3, 0.4) is 0 Å². The van der Waals surface area contributed by atoms with Crippen LogP contribution in [0.1, 0.15) is 34.7 Å². The van der Waals surface area contributed by atoms with E-state index in [1.54, 1.807) is 0 Å². The van der Waals surface area contributed by atoms with E-state index in [0.29, 0.717) is 5.95 Å². The molecular weight excluding hydrogens is 312 g/mol. The molecule has 5 heteroatoms. The number of rotatable bonds is 3. The van der Waals surface area contributed by atoms with Crippen molar-refractivity contribution >= 4 is 11.5 Å². The van der Waals surface area contributed by atoms with E-state index in [4.69, 9.17) is 4.52 Å². The number of nitrogens with one attached hydrogen (secondary N) is 1. The van der Waals surface area contributed by atoms with Gasteiger partial charge < -0.3 is 9.84 Å². The Labute approximate surface area is 146 Å². The van der Waals surface area contributed by atoms with Crippen molar-refractivity contribution in [2.24, 2.45) is 0 Å². The van der Waals surface area contributed by atoms with Gasteiger partial charge in [0.25, 0.3) is 0 Å². The Morgan fingerprint density at radius 1 is 1.16 bits per heavy atom. The van der Waals surface area contributed by atoms with E-state index in [2.05, 4.69) is 50.8 Å². The molecule has 1 N–H and O–H groups in total. The molecule has 3 aromatic rings. The topological polar surface area (TPSA) is 63.8 Å². The van der Waals surface area contributed by atoms with E-state index in [0.717, 1.165) is 46.7 Å². The highest BCUT2D eigenvalue weighted by atomic mass is 16.5. The zero-order valence-corrected chi connectivity index (χ0v) is 14.6. The van der Waals surface area contributed by atoms with Crippen LogP contribution in [0.15, 0.2) is 41.1 Å². The van der Waals surface area contributed by atoms with Crippen LogP contribution in [0, 0.1) is 13.8 Å². The van der Waals surface area contributed by atoms with Gasteiger partial charge in [-0.1, -0.05) is 29.4 Å². The Morgan fingerprint density at radius 2 is 2.00 bits per heavy atom. The quantitative estimate of drug-likeness (QED) is 0.780. The minimum absolute atomic E-state index is 0.671. The first-order chi connectivity index (χ1) is 12.2. The maximum atomic E-state index is 5.33. The van der Waals surface area contributed by atoms with Gasteiger partial charge in [0.1, 0.15) is 5.76 Å². The van der Waals surface area contributed by atoms with Crippen molar-refractivity contribution in [1.29, 1.82) is 0 Å². The second-order valence-corrected chi connectivity index (χ2v) is 6.24. The van der Waals surface area contributed by atoms with Crippen LogP contribution in [-0.2, 0) is 6.42 Å². The summed E-state index contributed by atoms with van der Waals surface area (Å²) in [5.74, 6) is 1.51. The van der Waals surface area contributed by atoms with Gasteiger partial charge in [-0.05, 0) is 49.5 Å². The molecule has 0 saturated heterocycles. The van der Waals surface area contributed by atoms with Gasteiger partial charge in [0.2, 0.25) is 5.95 Å². The number of hydrogen-bond donors (Lipinski definition) is 1. The second kappa shape index (κ2) is 6.16. The fourth-order valence-electron chi connectivity index (χ4n) is 3.43. The molecule has 0 fully saturated rings. The van der Waals surface area contributed by atoms with E-state index in [-0.39, 0.29) is 0 Å². The molecule has 0 atom stereocenters. The van der Waals surface area contributed by atoms with Crippen molar-refractivity contribution < 1.29 is 4.52 Å².